The molecule has 1 fully saturated rings. The summed E-state index contributed by atoms with van der Waals surface area (Å²) in [6.07, 6.45) is 0.631. The van der Waals surface area contributed by atoms with Gasteiger partial charge in [0.1, 0.15) is 23.2 Å². The summed E-state index contributed by atoms with van der Waals surface area (Å²) in [5.41, 5.74) is 1.03. The highest BCUT2D eigenvalue weighted by molar-refractivity contribution is 7.91. The molecule has 26 heavy (non-hydrogen) atoms. The SMILES string of the molecule is COc1ccccc1CNc1cc(N(C)C2CCS(=O)(=O)C2)nc(C)n1. The first kappa shape index (κ1) is 18.4. The van der Waals surface area contributed by atoms with Gasteiger partial charge < -0.3 is 15.0 Å². The molecule has 2 aromatic rings. The number of hydrogen-bond donors (Lipinski definition) is 1. The summed E-state index contributed by atoms with van der Waals surface area (Å²) in [5.74, 6) is 3.30. The third-order valence-corrected chi connectivity index (χ3v) is 6.34. The molecule has 1 N–H and O–H groups in total. The van der Waals surface area contributed by atoms with Gasteiger partial charge in [-0.15, -0.1) is 0 Å². The van der Waals surface area contributed by atoms with Crippen molar-refractivity contribution in [1.82, 2.24) is 9.97 Å². The first-order valence-electron chi connectivity index (χ1n) is 8.52. The predicted octanol–water partition coefficient (Wildman–Crippen LogP) is 2.03. The quantitative estimate of drug-likeness (QED) is 0.826. The molecule has 0 aliphatic carbocycles. The summed E-state index contributed by atoms with van der Waals surface area (Å²) in [6.45, 7) is 2.40. The Labute approximate surface area is 154 Å². The highest BCUT2D eigenvalue weighted by Crippen LogP contribution is 2.24. The lowest BCUT2D eigenvalue weighted by atomic mass is 10.2. The van der Waals surface area contributed by atoms with Crippen LogP contribution in [0.3, 0.4) is 0 Å². The van der Waals surface area contributed by atoms with Crippen LogP contribution in [0.1, 0.15) is 17.8 Å². The fraction of sp³-hybridized carbons (Fsp3) is 0.444. The van der Waals surface area contributed by atoms with E-state index >= 15 is 0 Å². The lowest BCUT2D eigenvalue weighted by Gasteiger charge is -2.25. The van der Waals surface area contributed by atoms with E-state index in [4.69, 9.17) is 4.74 Å². The topological polar surface area (TPSA) is 84.4 Å². The number of methoxy groups -OCH3 is 1. The zero-order chi connectivity index (χ0) is 18.7. The zero-order valence-electron chi connectivity index (χ0n) is 15.3. The van der Waals surface area contributed by atoms with Crippen LogP contribution in [0.5, 0.6) is 5.75 Å². The van der Waals surface area contributed by atoms with Crippen LogP contribution in [0.15, 0.2) is 30.3 Å². The molecule has 1 aromatic heterocycles. The lowest BCUT2D eigenvalue weighted by Crippen LogP contribution is -2.33. The average Bonchev–Trinajstić information content (AvgIpc) is 2.99. The maximum absolute atomic E-state index is 11.7. The average molecular weight is 376 g/mol. The number of sulfone groups is 1. The van der Waals surface area contributed by atoms with Crippen molar-refractivity contribution in [1.29, 1.82) is 0 Å². The molecule has 1 aromatic carbocycles. The third kappa shape index (κ3) is 4.24. The zero-order valence-corrected chi connectivity index (χ0v) is 16.1. The second-order valence-corrected chi connectivity index (χ2v) is 8.72. The Hall–Kier alpha value is -2.35. The normalized spacial score (nSPS) is 18.5. The second kappa shape index (κ2) is 7.49. The number of para-hydroxylation sites is 1. The molecule has 0 bridgehead atoms. The molecule has 1 atom stereocenters. The van der Waals surface area contributed by atoms with E-state index in [2.05, 4.69) is 15.3 Å². The number of anilines is 2. The van der Waals surface area contributed by atoms with Crippen molar-refractivity contribution < 1.29 is 13.2 Å². The third-order valence-electron chi connectivity index (χ3n) is 4.59. The Morgan fingerprint density at radius 1 is 1.31 bits per heavy atom. The molecule has 1 aliphatic rings. The minimum Gasteiger partial charge on any atom is -0.496 e. The molecule has 2 heterocycles. The number of rotatable bonds is 6. The molecular weight excluding hydrogens is 352 g/mol. The van der Waals surface area contributed by atoms with Crippen LogP contribution in [-0.2, 0) is 16.4 Å². The van der Waals surface area contributed by atoms with Crippen LogP contribution in [0.2, 0.25) is 0 Å². The minimum absolute atomic E-state index is 0.0450. The van der Waals surface area contributed by atoms with E-state index in [0.29, 0.717) is 24.6 Å². The summed E-state index contributed by atoms with van der Waals surface area (Å²) in [6, 6.07) is 9.62. The van der Waals surface area contributed by atoms with Crippen LogP contribution < -0.4 is 15.0 Å². The number of ether oxygens (including phenoxy) is 1. The van der Waals surface area contributed by atoms with Gasteiger partial charge in [-0.3, -0.25) is 0 Å². The number of aryl methyl sites for hydroxylation is 1. The van der Waals surface area contributed by atoms with E-state index in [1.54, 1.807) is 7.11 Å². The summed E-state index contributed by atoms with van der Waals surface area (Å²) in [5, 5.41) is 3.30. The molecule has 7 nitrogen and oxygen atoms in total. The highest BCUT2D eigenvalue weighted by atomic mass is 32.2. The van der Waals surface area contributed by atoms with Gasteiger partial charge in [0.05, 0.1) is 18.6 Å². The summed E-state index contributed by atoms with van der Waals surface area (Å²) in [4.78, 5) is 10.8. The van der Waals surface area contributed by atoms with Crippen LogP contribution in [-0.4, -0.2) is 50.1 Å². The van der Waals surface area contributed by atoms with E-state index in [1.165, 1.54) is 0 Å². The molecule has 8 heteroatoms. The molecule has 1 aliphatic heterocycles. The van der Waals surface area contributed by atoms with Crippen molar-refractivity contribution in [3.05, 3.63) is 41.7 Å². The van der Waals surface area contributed by atoms with Gasteiger partial charge in [-0.05, 0) is 19.4 Å². The summed E-state index contributed by atoms with van der Waals surface area (Å²) < 4.78 is 28.9. The Morgan fingerprint density at radius 3 is 2.77 bits per heavy atom. The largest absolute Gasteiger partial charge is 0.496 e. The van der Waals surface area contributed by atoms with Crippen molar-refractivity contribution in [2.75, 3.05) is 35.9 Å². The number of aromatic nitrogens is 2. The molecule has 0 amide bonds. The van der Waals surface area contributed by atoms with Crippen LogP contribution in [0.25, 0.3) is 0 Å². The molecule has 1 unspecified atom stereocenters. The lowest BCUT2D eigenvalue weighted by molar-refractivity contribution is 0.410. The number of hydrogen-bond acceptors (Lipinski definition) is 7. The van der Waals surface area contributed by atoms with Gasteiger partial charge in [-0.2, -0.15) is 0 Å². The number of nitrogens with one attached hydrogen (secondary N) is 1. The monoisotopic (exact) mass is 376 g/mol. The maximum atomic E-state index is 11.7. The molecule has 140 valence electrons. The van der Waals surface area contributed by atoms with Gasteiger partial charge in [-0.25, -0.2) is 18.4 Å². The second-order valence-electron chi connectivity index (χ2n) is 6.49. The van der Waals surface area contributed by atoms with Crippen molar-refractivity contribution in [3.8, 4) is 5.75 Å². The van der Waals surface area contributed by atoms with E-state index in [-0.39, 0.29) is 17.5 Å². The summed E-state index contributed by atoms with van der Waals surface area (Å²) >= 11 is 0. The van der Waals surface area contributed by atoms with Gasteiger partial charge >= 0.3 is 0 Å². The predicted molar refractivity (Wildman–Crippen MR) is 103 cm³/mol. The fourth-order valence-corrected chi connectivity index (χ4v) is 4.90. The van der Waals surface area contributed by atoms with Crippen molar-refractivity contribution >= 4 is 21.5 Å². The molecule has 1 saturated heterocycles. The van der Waals surface area contributed by atoms with E-state index in [9.17, 15) is 8.42 Å². The molecule has 0 radical (unpaired) electrons. The first-order chi connectivity index (χ1) is 12.4. The van der Waals surface area contributed by atoms with Crippen molar-refractivity contribution in [2.45, 2.75) is 25.9 Å². The molecule has 0 spiro atoms. The van der Waals surface area contributed by atoms with Gasteiger partial charge in [-0.1, -0.05) is 18.2 Å². The van der Waals surface area contributed by atoms with Gasteiger partial charge in [0.25, 0.3) is 0 Å². The van der Waals surface area contributed by atoms with Crippen LogP contribution in [0.4, 0.5) is 11.6 Å². The standard InChI is InChI=1S/C18H24N4O3S/c1-13-20-17(19-11-14-6-4-5-7-16(14)25-3)10-18(21-13)22(2)15-8-9-26(23,24)12-15/h4-7,10,15H,8-9,11-12H2,1-3H3,(H,19,20,21). The van der Waals surface area contributed by atoms with Crippen LogP contribution in [0, 0.1) is 6.92 Å². The molecule has 0 saturated carbocycles. The Bertz CT molecular complexity index is 886. The van der Waals surface area contributed by atoms with Gasteiger partial charge in [0, 0.05) is 31.3 Å². The Kier molecular flexibility index (Phi) is 5.31. The van der Waals surface area contributed by atoms with Crippen molar-refractivity contribution in [2.24, 2.45) is 0 Å². The smallest absolute Gasteiger partial charge is 0.152 e. The van der Waals surface area contributed by atoms with Gasteiger partial charge in [0.15, 0.2) is 9.84 Å². The Morgan fingerprint density at radius 2 is 2.08 bits per heavy atom. The Balaban J connectivity index is 1.75. The molecular formula is C18H24N4O3S. The van der Waals surface area contributed by atoms with Crippen molar-refractivity contribution in [3.63, 3.8) is 0 Å². The number of benzene rings is 1. The summed E-state index contributed by atoms with van der Waals surface area (Å²) in [7, 11) is 0.598. The van der Waals surface area contributed by atoms with E-state index in [1.807, 2.05) is 49.2 Å². The van der Waals surface area contributed by atoms with Gasteiger partial charge in [0.2, 0.25) is 0 Å². The minimum atomic E-state index is -2.94. The highest BCUT2D eigenvalue weighted by Gasteiger charge is 2.31. The maximum Gasteiger partial charge on any atom is 0.152 e. The van der Waals surface area contributed by atoms with E-state index in [0.717, 1.165) is 17.1 Å². The van der Waals surface area contributed by atoms with Crippen LogP contribution >= 0.6 is 0 Å². The number of nitrogens with zero attached hydrogens (tertiary/aromatic N) is 3. The molecule has 3 rings (SSSR count). The first-order valence-corrected chi connectivity index (χ1v) is 10.3. The fourth-order valence-electron chi connectivity index (χ4n) is 3.13. The van der Waals surface area contributed by atoms with E-state index < -0.39 is 9.84 Å².